The molecule has 2 atom stereocenters. The van der Waals surface area contributed by atoms with Gasteiger partial charge in [0.15, 0.2) is 6.29 Å². The third kappa shape index (κ3) is 5.40. The van der Waals surface area contributed by atoms with E-state index < -0.39 is 34.8 Å². The van der Waals surface area contributed by atoms with Gasteiger partial charge >= 0.3 is 6.36 Å². The summed E-state index contributed by atoms with van der Waals surface area (Å²) in [6, 6.07) is 11.2. The van der Waals surface area contributed by atoms with Crippen molar-refractivity contribution in [3.8, 4) is 5.75 Å². The number of piperazine rings is 1. The molecule has 1 aliphatic rings. The van der Waals surface area contributed by atoms with Crippen molar-refractivity contribution in [2.75, 3.05) is 18.0 Å². The molecule has 1 saturated heterocycles. The van der Waals surface area contributed by atoms with Gasteiger partial charge in [0.05, 0.1) is 11.4 Å². The van der Waals surface area contributed by atoms with Crippen LogP contribution in [0, 0.1) is 0 Å². The molecule has 2 N–H and O–H groups in total. The zero-order valence-electron chi connectivity index (χ0n) is 19.1. The van der Waals surface area contributed by atoms with E-state index in [9.17, 15) is 31.8 Å². The van der Waals surface area contributed by atoms with Gasteiger partial charge in [0.2, 0.25) is 10.0 Å². The second-order valence-electron chi connectivity index (χ2n) is 8.65. The molecular formula is C23H26F3N3O5S. The lowest BCUT2D eigenvalue weighted by Gasteiger charge is -2.44. The topological polar surface area (TPSA) is 95.2 Å². The number of hydrogen-bond donors (Lipinski definition) is 2. The molecule has 0 bridgehead atoms. The molecule has 35 heavy (non-hydrogen) atoms. The quantitative estimate of drug-likeness (QED) is 0.492. The molecule has 1 aromatic heterocycles. The molecule has 1 aliphatic heterocycles. The van der Waals surface area contributed by atoms with Gasteiger partial charge in [-0.2, -0.15) is 4.31 Å². The number of nitrogens with zero attached hydrogens (tertiary/aromatic N) is 3. The number of sulfonamides is 1. The minimum absolute atomic E-state index is 0.0920. The molecule has 0 aliphatic carbocycles. The largest absolute Gasteiger partial charge is 0.573 e. The predicted octanol–water partition coefficient (Wildman–Crippen LogP) is 3.14. The predicted molar refractivity (Wildman–Crippen MR) is 123 cm³/mol. The van der Waals surface area contributed by atoms with Crippen LogP contribution in [-0.4, -0.2) is 65.3 Å². The summed E-state index contributed by atoms with van der Waals surface area (Å²) in [5.74, 6) is -0.322. The lowest BCUT2D eigenvalue weighted by atomic mass is 10.1. The number of benzene rings is 2. The number of aliphatic hydroxyl groups is 2. The molecule has 0 unspecified atom stereocenters. The number of alkyl halides is 3. The third-order valence-corrected chi connectivity index (χ3v) is 8.08. The lowest BCUT2D eigenvalue weighted by Crippen LogP contribution is -2.58. The van der Waals surface area contributed by atoms with E-state index in [-0.39, 0.29) is 17.2 Å². The number of anilines is 1. The monoisotopic (exact) mass is 513 g/mol. The maximum atomic E-state index is 13.6. The molecule has 12 heteroatoms. The highest BCUT2D eigenvalue weighted by Crippen LogP contribution is 2.31. The minimum atomic E-state index is -4.77. The average Bonchev–Trinajstić information content (AvgIpc) is 3.14. The molecule has 1 fully saturated rings. The zero-order chi connectivity index (χ0) is 25.5. The summed E-state index contributed by atoms with van der Waals surface area (Å²) < 4.78 is 71.4. The summed E-state index contributed by atoms with van der Waals surface area (Å²) in [6.07, 6.45) is -4.68. The van der Waals surface area contributed by atoms with Crippen LogP contribution in [0.25, 0.3) is 10.9 Å². The van der Waals surface area contributed by atoms with Gasteiger partial charge in [-0.25, -0.2) is 8.42 Å². The molecule has 4 rings (SSSR count). The Kier molecular flexibility index (Phi) is 6.75. The average molecular weight is 514 g/mol. The second kappa shape index (κ2) is 9.34. The summed E-state index contributed by atoms with van der Waals surface area (Å²) in [6.45, 7) is 4.16. The summed E-state index contributed by atoms with van der Waals surface area (Å²) in [5, 5.41) is 19.4. The van der Waals surface area contributed by atoms with Gasteiger partial charge in [-0.15, -0.1) is 13.2 Å². The Morgan fingerprint density at radius 3 is 2.23 bits per heavy atom. The van der Waals surface area contributed by atoms with E-state index in [0.717, 1.165) is 5.39 Å². The smallest absolute Gasteiger partial charge is 0.406 e. The summed E-state index contributed by atoms with van der Waals surface area (Å²) in [7, 11) is -3.88. The highest BCUT2D eigenvalue weighted by atomic mass is 32.2. The molecule has 8 nitrogen and oxygen atoms in total. The summed E-state index contributed by atoms with van der Waals surface area (Å²) in [4.78, 5) is 2.02. The first-order valence-electron chi connectivity index (χ1n) is 10.9. The number of rotatable bonds is 6. The number of halogens is 3. The van der Waals surface area contributed by atoms with Crippen LogP contribution in [0.15, 0.2) is 59.6 Å². The molecule has 0 spiro atoms. The summed E-state index contributed by atoms with van der Waals surface area (Å²) >= 11 is 0. The van der Waals surface area contributed by atoms with Crippen molar-refractivity contribution >= 4 is 26.6 Å². The highest BCUT2D eigenvalue weighted by molar-refractivity contribution is 7.89. The van der Waals surface area contributed by atoms with Gasteiger partial charge in [0, 0.05) is 42.6 Å². The van der Waals surface area contributed by atoms with E-state index in [1.165, 1.54) is 40.7 Å². The molecular weight excluding hydrogens is 487 g/mol. The SMILES string of the molecule is C[C@@H]1CN(c2ccc(OC(F)(F)F)cc2)C[C@H](C)N1S(=O)(=O)c1ccc2ccn(CC(O)O)c2c1. The van der Waals surface area contributed by atoms with Crippen LogP contribution in [0.1, 0.15) is 13.8 Å². The molecule has 0 amide bonds. The molecule has 0 saturated carbocycles. The number of fused-ring (bicyclic) bond motifs is 1. The normalized spacial score (nSPS) is 20.1. The first kappa shape index (κ1) is 25.3. The fourth-order valence-corrected chi connectivity index (χ4v) is 6.46. The Morgan fingerprint density at radius 2 is 1.66 bits per heavy atom. The molecule has 0 radical (unpaired) electrons. The van der Waals surface area contributed by atoms with Gasteiger partial charge in [-0.3, -0.25) is 0 Å². The number of ether oxygens (including phenoxy) is 1. The van der Waals surface area contributed by atoms with Crippen LogP contribution in [0.2, 0.25) is 0 Å². The first-order chi connectivity index (χ1) is 16.3. The standard InChI is InChI=1S/C23H26F3N3O5S/c1-15-12-28(18-4-6-19(7-5-18)34-23(24,25)26)13-16(2)29(15)35(32,33)20-8-3-17-9-10-27(14-22(30)31)21(17)11-20/h3-11,15-16,22,30-31H,12-14H2,1-2H3/t15-,16+. The van der Waals surface area contributed by atoms with Gasteiger partial charge in [-0.05, 0) is 61.7 Å². The minimum Gasteiger partial charge on any atom is -0.406 e. The van der Waals surface area contributed by atoms with Gasteiger partial charge < -0.3 is 24.4 Å². The Morgan fingerprint density at radius 1 is 1.03 bits per heavy atom. The van der Waals surface area contributed by atoms with Gasteiger partial charge in [-0.1, -0.05) is 6.07 Å². The fraction of sp³-hybridized carbons (Fsp3) is 0.391. The Balaban J connectivity index is 1.55. The number of aromatic nitrogens is 1. The third-order valence-electron chi connectivity index (χ3n) is 5.95. The van der Waals surface area contributed by atoms with E-state index in [1.54, 1.807) is 36.7 Å². The second-order valence-corrected chi connectivity index (χ2v) is 10.5. The van der Waals surface area contributed by atoms with Crippen LogP contribution >= 0.6 is 0 Å². The Labute approximate surface area is 200 Å². The van der Waals surface area contributed by atoms with E-state index in [1.807, 2.05) is 4.90 Å². The van der Waals surface area contributed by atoms with E-state index in [4.69, 9.17) is 0 Å². The lowest BCUT2D eigenvalue weighted by molar-refractivity contribution is -0.274. The van der Waals surface area contributed by atoms with Crippen molar-refractivity contribution in [2.45, 2.75) is 50.0 Å². The van der Waals surface area contributed by atoms with Crippen molar-refractivity contribution in [3.63, 3.8) is 0 Å². The first-order valence-corrected chi connectivity index (χ1v) is 12.4. The van der Waals surface area contributed by atoms with Crippen molar-refractivity contribution in [2.24, 2.45) is 0 Å². The highest BCUT2D eigenvalue weighted by Gasteiger charge is 2.39. The van der Waals surface area contributed by atoms with E-state index in [2.05, 4.69) is 4.74 Å². The maximum Gasteiger partial charge on any atom is 0.573 e. The molecule has 2 heterocycles. The Hall–Kier alpha value is -2.80. The van der Waals surface area contributed by atoms with E-state index >= 15 is 0 Å². The van der Waals surface area contributed by atoms with Crippen molar-refractivity contribution in [1.82, 2.24) is 8.87 Å². The van der Waals surface area contributed by atoms with Crippen molar-refractivity contribution in [1.29, 1.82) is 0 Å². The van der Waals surface area contributed by atoms with E-state index in [0.29, 0.717) is 24.3 Å². The van der Waals surface area contributed by atoms with Gasteiger partial charge in [0.1, 0.15) is 5.75 Å². The number of hydrogen-bond acceptors (Lipinski definition) is 6. The van der Waals surface area contributed by atoms with Crippen LogP contribution < -0.4 is 9.64 Å². The number of aliphatic hydroxyl groups excluding tert-OH is 1. The van der Waals surface area contributed by atoms with Crippen LogP contribution in [-0.2, 0) is 16.6 Å². The fourth-order valence-electron chi connectivity index (χ4n) is 4.63. The molecule has 2 aromatic carbocycles. The summed E-state index contributed by atoms with van der Waals surface area (Å²) in [5.41, 5.74) is 1.23. The zero-order valence-corrected chi connectivity index (χ0v) is 19.9. The molecule has 3 aromatic rings. The van der Waals surface area contributed by atoms with Crippen molar-refractivity contribution < 1.29 is 36.5 Å². The van der Waals surface area contributed by atoms with Crippen LogP contribution in [0.4, 0.5) is 18.9 Å². The maximum absolute atomic E-state index is 13.6. The van der Waals surface area contributed by atoms with Crippen LogP contribution in [0.3, 0.4) is 0 Å². The van der Waals surface area contributed by atoms with Gasteiger partial charge in [0.25, 0.3) is 0 Å². The van der Waals surface area contributed by atoms with Crippen LogP contribution in [0.5, 0.6) is 5.75 Å². The molecule has 190 valence electrons. The Bertz CT molecular complexity index is 1280. The van der Waals surface area contributed by atoms with Crippen molar-refractivity contribution in [3.05, 3.63) is 54.7 Å².